The Morgan fingerprint density at radius 1 is 1.17 bits per heavy atom. The number of likely N-dealkylation sites (N-methyl/N-ethyl adjacent to an activating group) is 1. The molecule has 5 nitrogen and oxygen atoms in total. The fourth-order valence-corrected chi connectivity index (χ4v) is 3.61. The highest BCUT2D eigenvalue weighted by molar-refractivity contribution is 5.85. The summed E-state index contributed by atoms with van der Waals surface area (Å²) in [5.74, 6) is 1.05. The van der Waals surface area contributed by atoms with E-state index in [1.165, 1.54) is 25.9 Å². The maximum absolute atomic E-state index is 12.2. The second-order valence-corrected chi connectivity index (χ2v) is 7.46. The number of rotatable bonds is 6. The van der Waals surface area contributed by atoms with Crippen LogP contribution in [0, 0.1) is 11.8 Å². The van der Waals surface area contributed by atoms with Crippen molar-refractivity contribution in [3.63, 3.8) is 0 Å². The first kappa shape index (κ1) is 23.9. The maximum atomic E-state index is 12.2. The molecule has 1 heterocycles. The second-order valence-electron chi connectivity index (χ2n) is 7.46. The molecule has 0 radical (unpaired) electrons. The Labute approximate surface area is 159 Å². The zero-order chi connectivity index (χ0) is 15.9. The molecule has 2 atom stereocenters. The highest BCUT2D eigenvalue weighted by atomic mass is 35.5. The van der Waals surface area contributed by atoms with E-state index in [9.17, 15) is 4.79 Å². The van der Waals surface area contributed by atoms with Gasteiger partial charge in [-0.1, -0.05) is 6.42 Å². The van der Waals surface area contributed by atoms with Crippen LogP contribution >= 0.6 is 24.8 Å². The summed E-state index contributed by atoms with van der Waals surface area (Å²) < 4.78 is 0. The van der Waals surface area contributed by atoms with Gasteiger partial charge in [-0.15, -0.1) is 24.8 Å². The lowest BCUT2D eigenvalue weighted by atomic mass is 9.85. The van der Waals surface area contributed by atoms with Crippen molar-refractivity contribution in [2.45, 2.75) is 44.6 Å². The van der Waals surface area contributed by atoms with Crippen LogP contribution in [0.1, 0.15) is 38.5 Å². The second kappa shape index (κ2) is 12.3. The molecule has 0 spiro atoms. The Hall–Kier alpha value is -0.0700. The van der Waals surface area contributed by atoms with Gasteiger partial charge in [0.25, 0.3) is 0 Å². The minimum atomic E-state index is 0. The molecule has 0 aromatic heterocycles. The van der Waals surface area contributed by atoms with Gasteiger partial charge < -0.3 is 20.9 Å². The molecule has 2 unspecified atom stereocenters. The van der Waals surface area contributed by atoms with Crippen LogP contribution < -0.4 is 11.1 Å². The number of nitrogens with one attached hydrogen (secondary N) is 1. The third-order valence-electron chi connectivity index (χ3n) is 5.22. The predicted molar refractivity (Wildman–Crippen MR) is 105 cm³/mol. The molecule has 0 bridgehead atoms. The van der Waals surface area contributed by atoms with E-state index < -0.39 is 0 Å². The highest BCUT2D eigenvalue weighted by Crippen LogP contribution is 2.23. The monoisotopic (exact) mass is 382 g/mol. The van der Waals surface area contributed by atoms with Crippen molar-refractivity contribution >= 4 is 30.7 Å². The van der Waals surface area contributed by atoms with Crippen LogP contribution in [0.2, 0.25) is 0 Å². The number of nitrogens with zero attached hydrogens (tertiary/aromatic N) is 2. The molecule has 1 aliphatic heterocycles. The largest absolute Gasteiger partial charge is 0.356 e. The normalized spacial score (nSPS) is 25.7. The fraction of sp³-hybridized carbons (Fsp3) is 0.941. The van der Waals surface area contributed by atoms with Crippen molar-refractivity contribution in [1.82, 2.24) is 15.1 Å². The molecule has 0 aromatic rings. The summed E-state index contributed by atoms with van der Waals surface area (Å²) in [7, 11) is 4.25. The van der Waals surface area contributed by atoms with E-state index in [-0.39, 0.29) is 42.7 Å². The summed E-state index contributed by atoms with van der Waals surface area (Å²) in [6.07, 6.45) is 6.48. The van der Waals surface area contributed by atoms with Crippen molar-refractivity contribution in [2.75, 3.05) is 46.8 Å². The lowest BCUT2D eigenvalue weighted by Gasteiger charge is -2.33. The van der Waals surface area contributed by atoms with E-state index >= 15 is 0 Å². The van der Waals surface area contributed by atoms with Crippen molar-refractivity contribution in [2.24, 2.45) is 17.6 Å². The van der Waals surface area contributed by atoms with E-state index in [1.807, 2.05) is 0 Å². The molecule has 7 heteroatoms. The summed E-state index contributed by atoms with van der Waals surface area (Å²) in [4.78, 5) is 17.0. The predicted octanol–water partition coefficient (Wildman–Crippen LogP) is 1.74. The van der Waals surface area contributed by atoms with E-state index in [1.54, 1.807) is 0 Å². The molecule has 1 aliphatic carbocycles. The van der Waals surface area contributed by atoms with Crippen molar-refractivity contribution in [3.8, 4) is 0 Å². The Morgan fingerprint density at radius 3 is 2.42 bits per heavy atom. The Balaban J connectivity index is 0.00000264. The minimum Gasteiger partial charge on any atom is -0.356 e. The van der Waals surface area contributed by atoms with Gasteiger partial charge >= 0.3 is 0 Å². The number of carbonyl (C=O) groups excluding carboxylic acids is 1. The van der Waals surface area contributed by atoms with Gasteiger partial charge in [0.05, 0.1) is 0 Å². The first-order chi connectivity index (χ1) is 10.5. The molecular weight excluding hydrogens is 347 g/mol. The van der Waals surface area contributed by atoms with Gasteiger partial charge in [0.1, 0.15) is 0 Å². The first-order valence-electron chi connectivity index (χ1n) is 8.95. The van der Waals surface area contributed by atoms with Crippen molar-refractivity contribution in [1.29, 1.82) is 0 Å². The average Bonchev–Trinajstić information content (AvgIpc) is 2.51. The number of piperidine rings is 1. The summed E-state index contributed by atoms with van der Waals surface area (Å²) in [5, 5.41) is 3.19. The van der Waals surface area contributed by atoms with Gasteiger partial charge in [-0.3, -0.25) is 4.79 Å². The fourth-order valence-electron chi connectivity index (χ4n) is 3.61. The number of hydrogen-bond donors (Lipinski definition) is 2. The van der Waals surface area contributed by atoms with Crippen molar-refractivity contribution < 1.29 is 4.79 Å². The standard InChI is InChI=1S/C17H34N4O.2ClH/c1-20(2)10-11-21-8-6-14(7-9-21)13-19-17(22)15-4-3-5-16(18)12-15;;/h14-16H,3-13,18H2,1-2H3,(H,19,22);2*1H. The quantitative estimate of drug-likeness (QED) is 0.734. The average molecular weight is 383 g/mol. The molecule has 3 N–H and O–H groups in total. The van der Waals surface area contributed by atoms with Crippen LogP contribution in [-0.4, -0.2) is 68.6 Å². The van der Waals surface area contributed by atoms with E-state index in [0.29, 0.717) is 5.92 Å². The van der Waals surface area contributed by atoms with Gasteiger partial charge in [0, 0.05) is 31.6 Å². The number of nitrogens with two attached hydrogens (primary N) is 1. The Bertz CT molecular complexity index is 349. The van der Waals surface area contributed by atoms with Crippen LogP contribution in [0.25, 0.3) is 0 Å². The summed E-state index contributed by atoms with van der Waals surface area (Å²) in [6, 6.07) is 0.226. The van der Waals surface area contributed by atoms with Crippen LogP contribution in [0.3, 0.4) is 0 Å². The van der Waals surface area contributed by atoms with Crippen LogP contribution in [-0.2, 0) is 4.79 Å². The van der Waals surface area contributed by atoms with Crippen LogP contribution in [0.5, 0.6) is 0 Å². The molecule has 1 saturated heterocycles. The first-order valence-corrected chi connectivity index (χ1v) is 8.95. The van der Waals surface area contributed by atoms with Crippen LogP contribution in [0.15, 0.2) is 0 Å². The van der Waals surface area contributed by atoms with Crippen molar-refractivity contribution in [3.05, 3.63) is 0 Å². The minimum absolute atomic E-state index is 0. The number of likely N-dealkylation sites (tertiary alicyclic amines) is 1. The zero-order valence-corrected chi connectivity index (χ0v) is 16.8. The van der Waals surface area contributed by atoms with E-state index in [4.69, 9.17) is 5.73 Å². The van der Waals surface area contributed by atoms with E-state index in [2.05, 4.69) is 29.2 Å². The molecule has 2 aliphatic rings. The van der Waals surface area contributed by atoms with Gasteiger partial charge in [-0.05, 0) is 65.2 Å². The maximum Gasteiger partial charge on any atom is 0.223 e. The molecule has 2 rings (SSSR count). The molecule has 2 fully saturated rings. The number of hydrogen-bond acceptors (Lipinski definition) is 4. The summed E-state index contributed by atoms with van der Waals surface area (Å²) in [5.41, 5.74) is 5.98. The number of amides is 1. The number of halogens is 2. The molecule has 0 aromatic carbocycles. The highest BCUT2D eigenvalue weighted by Gasteiger charge is 2.26. The topological polar surface area (TPSA) is 61.6 Å². The van der Waals surface area contributed by atoms with Crippen LogP contribution in [0.4, 0.5) is 0 Å². The summed E-state index contributed by atoms with van der Waals surface area (Å²) >= 11 is 0. The molecule has 144 valence electrons. The molecular formula is C17H36Cl2N4O. The van der Waals surface area contributed by atoms with Gasteiger partial charge in [-0.2, -0.15) is 0 Å². The van der Waals surface area contributed by atoms with E-state index in [0.717, 1.165) is 45.3 Å². The van der Waals surface area contributed by atoms with Gasteiger partial charge in [0.15, 0.2) is 0 Å². The molecule has 24 heavy (non-hydrogen) atoms. The zero-order valence-electron chi connectivity index (χ0n) is 15.2. The summed E-state index contributed by atoms with van der Waals surface area (Å²) in [6.45, 7) is 5.48. The third kappa shape index (κ3) is 8.34. The van der Waals surface area contributed by atoms with Gasteiger partial charge in [-0.25, -0.2) is 0 Å². The SMILES string of the molecule is CN(C)CCN1CCC(CNC(=O)C2CCCC(N)C2)CC1.Cl.Cl. The molecule has 1 saturated carbocycles. The smallest absolute Gasteiger partial charge is 0.223 e. The lowest BCUT2D eigenvalue weighted by Crippen LogP contribution is -2.43. The Morgan fingerprint density at radius 2 is 1.83 bits per heavy atom. The molecule has 1 amide bonds. The van der Waals surface area contributed by atoms with Gasteiger partial charge in [0.2, 0.25) is 5.91 Å². The third-order valence-corrected chi connectivity index (χ3v) is 5.22. The Kier molecular flexibility index (Phi) is 12.3. The lowest BCUT2D eigenvalue weighted by molar-refractivity contribution is -0.126. The number of carbonyl (C=O) groups is 1.